The molecule has 0 radical (unpaired) electrons. The Morgan fingerprint density at radius 3 is 3.08 bits per heavy atom. The van der Waals surface area contributed by atoms with Crippen LogP contribution in [0.5, 0.6) is 0 Å². The van der Waals surface area contributed by atoms with Crippen molar-refractivity contribution in [2.75, 3.05) is 32.6 Å². The maximum atomic E-state index is 5.30. The average Bonchev–Trinajstić information content (AvgIpc) is 2.57. The number of nitrogens with one attached hydrogen (secondary N) is 1. The predicted octanol–water partition coefficient (Wildman–Crippen LogP) is 1.36. The number of rotatable bonds is 5. The van der Waals surface area contributed by atoms with Gasteiger partial charge in [-0.2, -0.15) is 11.8 Å². The molecule has 0 amide bonds. The molecule has 1 heterocycles. The highest BCUT2D eigenvalue weighted by Gasteiger charge is 2.14. The Kier molecular flexibility index (Phi) is 5.04. The van der Waals surface area contributed by atoms with Crippen LogP contribution in [0.25, 0.3) is 0 Å². The van der Waals surface area contributed by atoms with E-state index in [1.807, 2.05) is 11.8 Å². The van der Waals surface area contributed by atoms with Crippen LogP contribution in [0, 0.1) is 5.92 Å². The molecule has 2 nitrogen and oxygen atoms in total. The van der Waals surface area contributed by atoms with Crippen LogP contribution in [-0.4, -0.2) is 37.8 Å². The van der Waals surface area contributed by atoms with Crippen molar-refractivity contribution in [1.29, 1.82) is 0 Å². The van der Waals surface area contributed by atoms with Crippen LogP contribution in [0.4, 0.5) is 0 Å². The third-order valence-corrected chi connectivity index (χ3v) is 3.26. The number of thioether (sulfide) groups is 1. The van der Waals surface area contributed by atoms with Gasteiger partial charge in [-0.15, -0.1) is 0 Å². The van der Waals surface area contributed by atoms with Gasteiger partial charge in [-0.1, -0.05) is 6.92 Å². The minimum atomic E-state index is 0.729. The van der Waals surface area contributed by atoms with Crippen LogP contribution in [0.1, 0.15) is 13.3 Å². The molecule has 0 aromatic heterocycles. The van der Waals surface area contributed by atoms with Crippen molar-refractivity contribution in [2.45, 2.75) is 18.6 Å². The Morgan fingerprint density at radius 2 is 2.50 bits per heavy atom. The van der Waals surface area contributed by atoms with Crippen LogP contribution >= 0.6 is 11.8 Å². The lowest BCUT2D eigenvalue weighted by atomic mass is 10.1. The summed E-state index contributed by atoms with van der Waals surface area (Å²) in [6.07, 6.45) is 3.39. The normalized spacial score (nSPS) is 26.0. The Morgan fingerprint density at radius 1 is 1.67 bits per heavy atom. The molecule has 0 saturated carbocycles. The van der Waals surface area contributed by atoms with E-state index in [-0.39, 0.29) is 0 Å². The van der Waals surface area contributed by atoms with Gasteiger partial charge >= 0.3 is 0 Å². The van der Waals surface area contributed by atoms with Gasteiger partial charge in [0, 0.05) is 24.9 Å². The molecule has 1 rings (SSSR count). The second kappa shape index (κ2) is 5.84. The van der Waals surface area contributed by atoms with Gasteiger partial charge in [0.25, 0.3) is 0 Å². The van der Waals surface area contributed by atoms with E-state index in [9.17, 15) is 0 Å². The lowest BCUT2D eigenvalue weighted by molar-refractivity contribution is 0.185. The highest BCUT2D eigenvalue weighted by Crippen LogP contribution is 2.11. The lowest BCUT2D eigenvalue weighted by Gasteiger charge is -2.12. The molecule has 1 fully saturated rings. The summed E-state index contributed by atoms with van der Waals surface area (Å²) in [5.74, 6) is 0.763. The fraction of sp³-hybridized carbons (Fsp3) is 1.00. The molecule has 3 heteroatoms. The molecule has 0 bridgehead atoms. The smallest absolute Gasteiger partial charge is 0.0507 e. The molecular weight excluding hydrogens is 170 g/mol. The van der Waals surface area contributed by atoms with E-state index < -0.39 is 0 Å². The Balaban J connectivity index is 1.94. The van der Waals surface area contributed by atoms with Gasteiger partial charge in [0.05, 0.1) is 6.61 Å². The van der Waals surface area contributed by atoms with Gasteiger partial charge in [0.1, 0.15) is 0 Å². The monoisotopic (exact) mass is 189 g/mol. The van der Waals surface area contributed by atoms with Crippen LogP contribution in [0.3, 0.4) is 0 Å². The van der Waals surface area contributed by atoms with Crippen molar-refractivity contribution >= 4 is 11.8 Å². The van der Waals surface area contributed by atoms with E-state index in [2.05, 4.69) is 18.5 Å². The van der Waals surface area contributed by atoms with Gasteiger partial charge < -0.3 is 10.1 Å². The predicted molar refractivity (Wildman–Crippen MR) is 54.8 cm³/mol. The number of ether oxygens (including phenoxy) is 1. The fourth-order valence-corrected chi connectivity index (χ4v) is 1.60. The summed E-state index contributed by atoms with van der Waals surface area (Å²) >= 11 is 1.91. The van der Waals surface area contributed by atoms with Crippen molar-refractivity contribution < 1.29 is 4.74 Å². The van der Waals surface area contributed by atoms with E-state index in [4.69, 9.17) is 4.74 Å². The SMILES string of the molecule is CSC(C)CNCC1CCOC1. The molecule has 2 unspecified atom stereocenters. The van der Waals surface area contributed by atoms with Crippen LogP contribution in [-0.2, 0) is 4.74 Å². The third-order valence-electron chi connectivity index (χ3n) is 2.29. The summed E-state index contributed by atoms with van der Waals surface area (Å²) in [7, 11) is 0. The zero-order valence-corrected chi connectivity index (χ0v) is 8.82. The minimum absolute atomic E-state index is 0.729. The zero-order chi connectivity index (χ0) is 8.81. The highest BCUT2D eigenvalue weighted by atomic mass is 32.2. The van der Waals surface area contributed by atoms with Crippen molar-refractivity contribution in [3.63, 3.8) is 0 Å². The first kappa shape index (κ1) is 10.4. The van der Waals surface area contributed by atoms with E-state index in [0.717, 1.165) is 37.5 Å². The number of hydrogen-bond donors (Lipinski definition) is 1. The van der Waals surface area contributed by atoms with Gasteiger partial charge in [-0.05, 0) is 18.6 Å². The summed E-state index contributed by atoms with van der Waals surface area (Å²) in [6.45, 7) is 6.43. The van der Waals surface area contributed by atoms with Crippen LogP contribution < -0.4 is 5.32 Å². The summed E-state index contributed by atoms with van der Waals surface area (Å²) in [5.41, 5.74) is 0. The zero-order valence-electron chi connectivity index (χ0n) is 8.01. The molecule has 0 spiro atoms. The summed E-state index contributed by atoms with van der Waals surface area (Å²) in [5, 5.41) is 4.21. The lowest BCUT2D eigenvalue weighted by Crippen LogP contribution is -2.28. The second-order valence-electron chi connectivity index (χ2n) is 3.43. The molecule has 1 aliphatic rings. The standard InChI is InChI=1S/C9H19NOS/c1-8(12-2)5-10-6-9-3-4-11-7-9/h8-10H,3-7H2,1-2H3. The summed E-state index contributed by atoms with van der Waals surface area (Å²) < 4.78 is 5.30. The van der Waals surface area contributed by atoms with E-state index in [1.54, 1.807) is 0 Å². The van der Waals surface area contributed by atoms with Crippen molar-refractivity contribution in [2.24, 2.45) is 5.92 Å². The third kappa shape index (κ3) is 3.78. The van der Waals surface area contributed by atoms with E-state index in [0.29, 0.717) is 0 Å². The highest BCUT2D eigenvalue weighted by molar-refractivity contribution is 7.99. The van der Waals surface area contributed by atoms with E-state index in [1.165, 1.54) is 6.42 Å². The first-order valence-electron chi connectivity index (χ1n) is 4.64. The maximum Gasteiger partial charge on any atom is 0.0507 e. The molecule has 2 atom stereocenters. The quantitative estimate of drug-likeness (QED) is 0.705. The number of hydrogen-bond acceptors (Lipinski definition) is 3. The molecule has 0 aromatic rings. The Hall–Kier alpha value is 0.270. The van der Waals surface area contributed by atoms with E-state index >= 15 is 0 Å². The molecule has 1 N–H and O–H groups in total. The van der Waals surface area contributed by atoms with Gasteiger partial charge in [-0.25, -0.2) is 0 Å². The molecule has 1 saturated heterocycles. The first-order valence-corrected chi connectivity index (χ1v) is 5.93. The van der Waals surface area contributed by atoms with Crippen molar-refractivity contribution in [3.8, 4) is 0 Å². The summed E-state index contributed by atoms with van der Waals surface area (Å²) in [6, 6.07) is 0. The minimum Gasteiger partial charge on any atom is -0.381 e. The average molecular weight is 189 g/mol. The second-order valence-corrected chi connectivity index (χ2v) is 4.71. The summed E-state index contributed by atoms with van der Waals surface area (Å²) in [4.78, 5) is 0. The maximum absolute atomic E-state index is 5.30. The molecule has 0 aliphatic carbocycles. The van der Waals surface area contributed by atoms with Crippen LogP contribution in [0.2, 0.25) is 0 Å². The molecule has 72 valence electrons. The van der Waals surface area contributed by atoms with Crippen molar-refractivity contribution in [1.82, 2.24) is 5.32 Å². The molecular formula is C9H19NOS. The Labute approximate surface area is 79.4 Å². The topological polar surface area (TPSA) is 21.3 Å². The first-order chi connectivity index (χ1) is 5.83. The molecule has 12 heavy (non-hydrogen) atoms. The van der Waals surface area contributed by atoms with Gasteiger partial charge in [0.15, 0.2) is 0 Å². The fourth-order valence-electron chi connectivity index (χ4n) is 1.32. The Bertz CT molecular complexity index is 115. The van der Waals surface area contributed by atoms with Gasteiger partial charge in [0.2, 0.25) is 0 Å². The van der Waals surface area contributed by atoms with Gasteiger partial charge in [-0.3, -0.25) is 0 Å². The van der Waals surface area contributed by atoms with Crippen molar-refractivity contribution in [3.05, 3.63) is 0 Å². The largest absolute Gasteiger partial charge is 0.381 e. The van der Waals surface area contributed by atoms with Crippen LogP contribution in [0.15, 0.2) is 0 Å². The molecule has 0 aromatic carbocycles. The molecule has 1 aliphatic heterocycles.